The zero-order valence-corrected chi connectivity index (χ0v) is 12.5. The highest BCUT2D eigenvalue weighted by molar-refractivity contribution is 9.10. The number of nitrogens with one attached hydrogen (secondary N) is 2. The summed E-state index contributed by atoms with van der Waals surface area (Å²) in [6.07, 6.45) is 2.79. The van der Waals surface area contributed by atoms with E-state index in [1.165, 1.54) is 6.07 Å². The number of halogens is 1. The Balaban J connectivity index is 2.01. The van der Waals surface area contributed by atoms with Gasteiger partial charge in [0.25, 0.3) is 5.69 Å². The highest BCUT2D eigenvalue weighted by Crippen LogP contribution is 2.25. The molecule has 0 saturated carbocycles. The van der Waals surface area contributed by atoms with E-state index in [0.29, 0.717) is 11.0 Å². The molecule has 7 heteroatoms. The monoisotopic (exact) mass is 341 g/mol. The average Bonchev–Trinajstić information content (AvgIpc) is 2.62. The lowest BCUT2D eigenvalue weighted by Gasteiger charge is -2.15. The van der Waals surface area contributed by atoms with Crippen molar-refractivity contribution >= 4 is 27.5 Å². The van der Waals surface area contributed by atoms with Gasteiger partial charge < -0.3 is 10.6 Å². The van der Waals surface area contributed by atoms with E-state index in [9.17, 15) is 14.9 Å². The van der Waals surface area contributed by atoms with Crippen molar-refractivity contribution in [1.82, 2.24) is 10.6 Å². The molecule has 2 rings (SSSR count). The van der Waals surface area contributed by atoms with E-state index >= 15 is 0 Å². The number of hydrogen-bond donors (Lipinski definition) is 2. The van der Waals surface area contributed by atoms with Gasteiger partial charge in [-0.3, -0.25) is 14.9 Å². The third kappa shape index (κ3) is 3.77. The van der Waals surface area contributed by atoms with E-state index in [2.05, 4.69) is 26.6 Å². The van der Waals surface area contributed by atoms with Gasteiger partial charge in [-0.15, -0.1) is 0 Å². The Labute approximate surface area is 125 Å². The number of rotatable bonds is 4. The standard InChI is InChI=1S/C13H16BrN3O3/c14-10-5-4-9(7-12(10)17(19)20)8-16-11-3-1-2-6-15-13(11)18/h4-5,7,11,16H,1-3,6,8H2,(H,15,18). The fraction of sp³-hybridized carbons (Fsp3) is 0.462. The van der Waals surface area contributed by atoms with Gasteiger partial charge in [0.15, 0.2) is 0 Å². The highest BCUT2D eigenvalue weighted by atomic mass is 79.9. The summed E-state index contributed by atoms with van der Waals surface area (Å²) in [6, 6.07) is 4.76. The van der Waals surface area contributed by atoms with Gasteiger partial charge in [0.2, 0.25) is 5.91 Å². The van der Waals surface area contributed by atoms with E-state index < -0.39 is 4.92 Å². The molecule has 1 unspecified atom stereocenters. The lowest BCUT2D eigenvalue weighted by Crippen LogP contribution is -2.42. The molecule has 0 radical (unpaired) electrons. The summed E-state index contributed by atoms with van der Waals surface area (Å²) in [7, 11) is 0. The largest absolute Gasteiger partial charge is 0.355 e. The van der Waals surface area contributed by atoms with E-state index in [1.54, 1.807) is 12.1 Å². The Morgan fingerprint density at radius 3 is 3.00 bits per heavy atom. The first-order chi connectivity index (χ1) is 9.58. The Hall–Kier alpha value is -1.47. The van der Waals surface area contributed by atoms with Crippen molar-refractivity contribution < 1.29 is 9.72 Å². The molecule has 1 amide bonds. The fourth-order valence-corrected chi connectivity index (χ4v) is 2.57. The molecule has 0 aliphatic carbocycles. The zero-order valence-electron chi connectivity index (χ0n) is 10.9. The Morgan fingerprint density at radius 2 is 2.25 bits per heavy atom. The molecular weight excluding hydrogens is 326 g/mol. The van der Waals surface area contributed by atoms with Crippen LogP contribution in [0.2, 0.25) is 0 Å². The van der Waals surface area contributed by atoms with Crippen LogP contribution in [-0.2, 0) is 11.3 Å². The van der Waals surface area contributed by atoms with Crippen LogP contribution in [0, 0.1) is 10.1 Å². The van der Waals surface area contributed by atoms with Crippen LogP contribution in [-0.4, -0.2) is 23.4 Å². The lowest BCUT2D eigenvalue weighted by atomic mass is 10.1. The second-order valence-electron chi connectivity index (χ2n) is 4.76. The first-order valence-electron chi connectivity index (χ1n) is 6.52. The second-order valence-corrected chi connectivity index (χ2v) is 5.62. The van der Waals surface area contributed by atoms with Crippen molar-refractivity contribution in [3.63, 3.8) is 0 Å². The normalized spacial score (nSPS) is 19.2. The summed E-state index contributed by atoms with van der Waals surface area (Å²) in [6.45, 7) is 1.16. The van der Waals surface area contributed by atoms with Crippen molar-refractivity contribution in [3.05, 3.63) is 38.3 Å². The summed E-state index contributed by atoms with van der Waals surface area (Å²) >= 11 is 3.15. The van der Waals surface area contributed by atoms with Crippen LogP contribution in [0.4, 0.5) is 5.69 Å². The highest BCUT2D eigenvalue weighted by Gasteiger charge is 2.20. The van der Waals surface area contributed by atoms with Crippen LogP contribution in [0.15, 0.2) is 22.7 Å². The molecule has 1 aromatic rings. The quantitative estimate of drug-likeness (QED) is 0.648. The number of carbonyl (C=O) groups is 1. The molecule has 1 heterocycles. The van der Waals surface area contributed by atoms with Crippen molar-refractivity contribution in [2.75, 3.05) is 6.54 Å². The van der Waals surface area contributed by atoms with Crippen molar-refractivity contribution in [2.45, 2.75) is 31.8 Å². The summed E-state index contributed by atoms with van der Waals surface area (Å²) < 4.78 is 0.457. The van der Waals surface area contributed by atoms with Crippen LogP contribution in [0.25, 0.3) is 0 Å². The number of nitro groups is 1. The van der Waals surface area contributed by atoms with Gasteiger partial charge in [-0.2, -0.15) is 0 Å². The molecule has 6 nitrogen and oxygen atoms in total. The summed E-state index contributed by atoms with van der Waals surface area (Å²) in [5.41, 5.74) is 0.826. The van der Waals surface area contributed by atoms with E-state index in [0.717, 1.165) is 31.4 Å². The molecule has 20 heavy (non-hydrogen) atoms. The number of amides is 1. The number of carbonyl (C=O) groups excluding carboxylic acids is 1. The van der Waals surface area contributed by atoms with E-state index in [-0.39, 0.29) is 17.6 Å². The van der Waals surface area contributed by atoms with E-state index in [4.69, 9.17) is 0 Å². The Morgan fingerprint density at radius 1 is 1.45 bits per heavy atom. The summed E-state index contributed by atoms with van der Waals surface area (Å²) in [4.78, 5) is 22.2. The SMILES string of the molecule is O=C1NCCCCC1NCc1ccc(Br)c([N+](=O)[O-])c1. The predicted octanol–water partition coefficient (Wildman–Crippen LogP) is 2.12. The zero-order chi connectivity index (χ0) is 14.5. The van der Waals surface area contributed by atoms with Crippen molar-refractivity contribution in [1.29, 1.82) is 0 Å². The second kappa shape index (κ2) is 6.81. The topological polar surface area (TPSA) is 84.3 Å². The predicted molar refractivity (Wildman–Crippen MR) is 78.3 cm³/mol. The minimum absolute atomic E-state index is 0.00844. The molecule has 1 aliphatic rings. The van der Waals surface area contributed by atoms with Crippen LogP contribution < -0.4 is 10.6 Å². The van der Waals surface area contributed by atoms with Gasteiger partial charge >= 0.3 is 0 Å². The van der Waals surface area contributed by atoms with Crippen LogP contribution in [0.5, 0.6) is 0 Å². The molecule has 1 aromatic carbocycles. The Bertz CT molecular complexity index is 522. The third-order valence-corrected chi connectivity index (χ3v) is 3.97. The minimum atomic E-state index is -0.425. The van der Waals surface area contributed by atoms with E-state index in [1.807, 2.05) is 0 Å². The number of nitrogens with zero attached hydrogens (tertiary/aromatic N) is 1. The van der Waals surface area contributed by atoms with Gasteiger partial charge in [-0.05, 0) is 46.8 Å². The molecule has 0 spiro atoms. The first kappa shape index (κ1) is 14.9. The molecule has 1 atom stereocenters. The summed E-state index contributed by atoms with van der Waals surface area (Å²) in [5.74, 6) is 0.00844. The van der Waals surface area contributed by atoms with Crippen molar-refractivity contribution in [3.8, 4) is 0 Å². The molecule has 0 aromatic heterocycles. The Kier molecular flexibility index (Phi) is 5.08. The number of benzene rings is 1. The van der Waals surface area contributed by atoms with Gasteiger partial charge in [0.05, 0.1) is 15.4 Å². The molecule has 1 saturated heterocycles. The van der Waals surface area contributed by atoms with Crippen LogP contribution >= 0.6 is 15.9 Å². The molecule has 1 aliphatic heterocycles. The summed E-state index contributed by atoms with van der Waals surface area (Å²) in [5, 5.41) is 16.9. The maximum Gasteiger partial charge on any atom is 0.283 e. The maximum absolute atomic E-state index is 11.8. The van der Waals surface area contributed by atoms with Gasteiger partial charge in [0, 0.05) is 19.2 Å². The lowest BCUT2D eigenvalue weighted by molar-refractivity contribution is -0.385. The van der Waals surface area contributed by atoms with Gasteiger partial charge in [0.1, 0.15) is 0 Å². The molecular formula is C13H16BrN3O3. The smallest absolute Gasteiger partial charge is 0.283 e. The van der Waals surface area contributed by atoms with Crippen LogP contribution in [0.1, 0.15) is 24.8 Å². The molecule has 108 valence electrons. The van der Waals surface area contributed by atoms with Gasteiger partial charge in [-0.25, -0.2) is 0 Å². The molecule has 0 bridgehead atoms. The minimum Gasteiger partial charge on any atom is -0.355 e. The maximum atomic E-state index is 11.8. The van der Waals surface area contributed by atoms with Gasteiger partial charge in [-0.1, -0.05) is 6.07 Å². The third-order valence-electron chi connectivity index (χ3n) is 3.30. The average molecular weight is 342 g/mol. The van der Waals surface area contributed by atoms with Crippen molar-refractivity contribution in [2.24, 2.45) is 0 Å². The molecule has 1 fully saturated rings. The first-order valence-corrected chi connectivity index (χ1v) is 7.31. The number of nitro benzene ring substituents is 1. The van der Waals surface area contributed by atoms with Crippen LogP contribution in [0.3, 0.4) is 0 Å². The fourth-order valence-electron chi connectivity index (χ4n) is 2.18. The number of hydrogen-bond acceptors (Lipinski definition) is 4. The molecule has 2 N–H and O–H groups in total.